The first kappa shape index (κ1) is 42.9. The van der Waals surface area contributed by atoms with Crippen LogP contribution in [-0.2, 0) is 9.59 Å². The van der Waals surface area contributed by atoms with E-state index in [0.29, 0.717) is 12.8 Å². The number of carbonyl (C=O) groups is 2. The normalized spacial score (nSPS) is 11.4. The van der Waals surface area contributed by atoms with Gasteiger partial charge >= 0.3 is 0 Å². The van der Waals surface area contributed by atoms with E-state index in [2.05, 4.69) is 41.6 Å². The van der Waals surface area contributed by atoms with Gasteiger partial charge in [-0.1, -0.05) is 149 Å². The molecule has 0 aromatic heterocycles. The van der Waals surface area contributed by atoms with Crippen molar-refractivity contribution in [1.29, 1.82) is 0 Å². The molecule has 0 aliphatic rings. The number of unbranched alkanes of at least 4 members (excludes halogenated alkanes) is 20. The van der Waals surface area contributed by atoms with Crippen molar-refractivity contribution in [2.24, 2.45) is 0 Å². The lowest BCUT2D eigenvalue weighted by Crippen LogP contribution is -2.36. The highest BCUT2D eigenvalue weighted by Crippen LogP contribution is 2.11. The summed E-state index contributed by atoms with van der Waals surface area (Å²) in [5, 5.41) is 9.81. The molecule has 0 saturated carbocycles. The van der Waals surface area contributed by atoms with Crippen LogP contribution in [0.3, 0.4) is 0 Å². The van der Waals surface area contributed by atoms with Crippen LogP contribution >= 0.6 is 0 Å². The van der Waals surface area contributed by atoms with E-state index in [1.165, 1.54) is 135 Å². The van der Waals surface area contributed by atoms with Gasteiger partial charge in [-0.15, -0.1) is 0 Å². The summed E-state index contributed by atoms with van der Waals surface area (Å²) in [7, 11) is 0. The van der Waals surface area contributed by atoms with Gasteiger partial charge in [0, 0.05) is 39.0 Å². The van der Waals surface area contributed by atoms with E-state index in [1.54, 1.807) is 0 Å². The van der Waals surface area contributed by atoms with Crippen molar-refractivity contribution in [3.63, 3.8) is 0 Å². The quantitative estimate of drug-likeness (QED) is 0.0609. The predicted molar refractivity (Wildman–Crippen MR) is 192 cm³/mol. The molecular formula is C38H78N4O2. The number of nitrogens with zero attached hydrogens (tertiary/aromatic N) is 1. The number of hydrogen-bond donors (Lipinski definition) is 3. The monoisotopic (exact) mass is 623 g/mol. The fraction of sp³-hybridized carbons (Fsp3) is 0.947. The second-order valence-electron chi connectivity index (χ2n) is 13.2. The van der Waals surface area contributed by atoms with Gasteiger partial charge in [-0.3, -0.25) is 9.59 Å². The second kappa shape index (κ2) is 36.3. The van der Waals surface area contributed by atoms with Crippen molar-refractivity contribution in [2.75, 3.05) is 45.8 Å². The smallest absolute Gasteiger partial charge is 0.221 e. The van der Waals surface area contributed by atoms with E-state index in [4.69, 9.17) is 0 Å². The molecule has 0 unspecified atom stereocenters. The number of nitrogens with one attached hydrogen (secondary N) is 3. The third-order valence-electron chi connectivity index (χ3n) is 8.80. The van der Waals surface area contributed by atoms with Gasteiger partial charge in [0.1, 0.15) is 0 Å². The summed E-state index contributed by atoms with van der Waals surface area (Å²) in [6.45, 7) is 12.8. The molecule has 0 radical (unpaired) electrons. The van der Waals surface area contributed by atoms with E-state index < -0.39 is 0 Å². The first-order valence-electron chi connectivity index (χ1n) is 19.6. The van der Waals surface area contributed by atoms with E-state index >= 15 is 0 Å². The lowest BCUT2D eigenvalue weighted by atomic mass is 10.1. The highest BCUT2D eigenvalue weighted by molar-refractivity contribution is 5.76. The van der Waals surface area contributed by atoms with Crippen molar-refractivity contribution in [3.05, 3.63) is 0 Å². The summed E-state index contributed by atoms with van der Waals surface area (Å²) in [5.74, 6) is 0.294. The Kier molecular flexibility index (Phi) is 35.4. The molecule has 0 heterocycles. The maximum Gasteiger partial charge on any atom is 0.221 e. The molecule has 6 nitrogen and oxygen atoms in total. The predicted octanol–water partition coefficient (Wildman–Crippen LogP) is 9.31. The van der Waals surface area contributed by atoms with Crippen LogP contribution in [0.5, 0.6) is 0 Å². The summed E-state index contributed by atoms with van der Waals surface area (Å²) >= 11 is 0. The Hall–Kier alpha value is -1.14. The molecule has 2 amide bonds. The molecule has 0 spiro atoms. The summed E-state index contributed by atoms with van der Waals surface area (Å²) in [6, 6.07) is 0. The molecule has 0 aromatic carbocycles. The van der Waals surface area contributed by atoms with Gasteiger partial charge in [-0.2, -0.15) is 0 Å². The van der Waals surface area contributed by atoms with Crippen molar-refractivity contribution < 1.29 is 9.59 Å². The summed E-state index contributed by atoms with van der Waals surface area (Å²) in [5.41, 5.74) is 0. The van der Waals surface area contributed by atoms with Crippen LogP contribution < -0.4 is 16.0 Å². The fourth-order valence-corrected chi connectivity index (χ4v) is 5.76. The minimum atomic E-state index is 0.147. The van der Waals surface area contributed by atoms with Crippen LogP contribution in [0.2, 0.25) is 0 Å². The fourth-order valence-electron chi connectivity index (χ4n) is 5.76. The van der Waals surface area contributed by atoms with E-state index in [-0.39, 0.29) is 11.8 Å². The number of rotatable bonds is 36. The Balaban J connectivity index is 4.08. The van der Waals surface area contributed by atoms with E-state index in [0.717, 1.165) is 65.1 Å². The average Bonchev–Trinajstić information content (AvgIpc) is 3.02. The van der Waals surface area contributed by atoms with Gasteiger partial charge in [-0.25, -0.2) is 0 Å². The molecule has 0 fully saturated rings. The Bertz CT molecular complexity index is 559. The number of carbonyl (C=O) groups excluding carboxylic acids is 2. The minimum Gasteiger partial charge on any atom is -0.356 e. The lowest BCUT2D eigenvalue weighted by Gasteiger charge is -2.22. The van der Waals surface area contributed by atoms with Crippen molar-refractivity contribution in [3.8, 4) is 0 Å². The Labute approximate surface area is 275 Å². The van der Waals surface area contributed by atoms with Crippen LogP contribution in [-0.4, -0.2) is 62.5 Å². The molecular weight excluding hydrogens is 544 g/mol. The van der Waals surface area contributed by atoms with E-state index in [9.17, 15) is 9.59 Å². The molecule has 6 heteroatoms. The standard InChI is InChI=1S/C38H78N4O2/c1-4-7-10-12-14-16-18-20-22-25-32-40-37(43)28-35-42(34-27-31-39-30-24-9-6-3)36-29-38(44)41-33-26-23-21-19-17-15-13-11-8-5-2/h39H,4-36H2,1-3H3,(H,40,43)(H,41,44). The van der Waals surface area contributed by atoms with Crippen molar-refractivity contribution in [2.45, 2.75) is 188 Å². The van der Waals surface area contributed by atoms with Gasteiger partial charge in [-0.05, 0) is 45.3 Å². The highest BCUT2D eigenvalue weighted by Gasteiger charge is 2.11. The van der Waals surface area contributed by atoms with Crippen LogP contribution in [0.4, 0.5) is 0 Å². The van der Waals surface area contributed by atoms with Crippen LogP contribution in [0.15, 0.2) is 0 Å². The zero-order valence-corrected chi connectivity index (χ0v) is 30.1. The molecule has 0 bridgehead atoms. The van der Waals surface area contributed by atoms with Gasteiger partial charge in [0.25, 0.3) is 0 Å². The molecule has 0 saturated heterocycles. The first-order valence-corrected chi connectivity index (χ1v) is 19.6. The summed E-state index contributed by atoms with van der Waals surface area (Å²) in [4.78, 5) is 27.4. The van der Waals surface area contributed by atoms with E-state index in [1.807, 2.05) is 0 Å². The molecule has 0 aliphatic carbocycles. The average molecular weight is 623 g/mol. The Morgan fingerprint density at radius 1 is 0.386 bits per heavy atom. The maximum absolute atomic E-state index is 12.5. The number of amides is 2. The Morgan fingerprint density at radius 2 is 0.705 bits per heavy atom. The third kappa shape index (κ3) is 33.7. The molecule has 0 rings (SSSR count). The van der Waals surface area contributed by atoms with Gasteiger partial charge < -0.3 is 20.9 Å². The van der Waals surface area contributed by atoms with Gasteiger partial charge in [0.05, 0.1) is 0 Å². The molecule has 0 atom stereocenters. The van der Waals surface area contributed by atoms with Crippen LogP contribution in [0.25, 0.3) is 0 Å². The molecule has 0 aromatic rings. The summed E-state index contributed by atoms with van der Waals surface area (Å²) < 4.78 is 0. The second-order valence-corrected chi connectivity index (χ2v) is 13.2. The van der Waals surface area contributed by atoms with Crippen molar-refractivity contribution >= 4 is 11.8 Å². The molecule has 0 aliphatic heterocycles. The van der Waals surface area contributed by atoms with Gasteiger partial charge in [0.2, 0.25) is 11.8 Å². The lowest BCUT2D eigenvalue weighted by molar-refractivity contribution is -0.121. The molecule has 44 heavy (non-hydrogen) atoms. The minimum absolute atomic E-state index is 0.147. The number of hydrogen-bond acceptors (Lipinski definition) is 4. The largest absolute Gasteiger partial charge is 0.356 e. The zero-order chi connectivity index (χ0) is 32.2. The van der Waals surface area contributed by atoms with Crippen LogP contribution in [0, 0.1) is 0 Å². The summed E-state index contributed by atoms with van der Waals surface area (Å²) in [6.07, 6.45) is 32.1. The molecule has 3 N–H and O–H groups in total. The zero-order valence-electron chi connectivity index (χ0n) is 30.1. The maximum atomic E-state index is 12.5. The SMILES string of the molecule is CCCCCCCCCCCCNC(=O)CCN(CCCNCCCCC)CCC(=O)NCCCCCCCCCCCC. The van der Waals surface area contributed by atoms with Gasteiger partial charge in [0.15, 0.2) is 0 Å². The van der Waals surface area contributed by atoms with Crippen molar-refractivity contribution in [1.82, 2.24) is 20.9 Å². The topological polar surface area (TPSA) is 73.5 Å². The molecule has 262 valence electrons. The van der Waals surface area contributed by atoms with Crippen LogP contribution in [0.1, 0.15) is 188 Å². The third-order valence-corrected chi connectivity index (χ3v) is 8.80. The Morgan fingerprint density at radius 3 is 1.11 bits per heavy atom. The highest BCUT2D eigenvalue weighted by atomic mass is 16.2. The first-order chi connectivity index (χ1) is 21.6.